The van der Waals surface area contributed by atoms with Crippen LogP contribution < -0.4 is 5.32 Å². The summed E-state index contributed by atoms with van der Waals surface area (Å²) < 4.78 is 24.7. The Morgan fingerprint density at radius 3 is 2.35 bits per heavy atom. The first kappa shape index (κ1) is 23.8. The lowest BCUT2D eigenvalue weighted by molar-refractivity contribution is -0.387. The summed E-state index contributed by atoms with van der Waals surface area (Å²) in [6.07, 6.45) is -0.844. The minimum atomic E-state index is -1.21. The largest absolute Gasteiger partial charge is 0.459 e. The number of carbonyl (C=O) groups excluding carboxylic acids is 2. The number of hydrogen-bond acceptors (Lipinski definition) is 6. The third-order valence-corrected chi connectivity index (χ3v) is 4.34. The molecule has 2 aromatic carbocycles. The van der Waals surface area contributed by atoms with Gasteiger partial charge in [0.05, 0.1) is 4.92 Å². The maximum Gasteiger partial charge on any atom is 0.408 e. The molecule has 0 aliphatic carbocycles. The van der Waals surface area contributed by atoms with E-state index in [0.29, 0.717) is 0 Å². The van der Waals surface area contributed by atoms with Gasteiger partial charge in [0.15, 0.2) is 0 Å². The lowest BCUT2D eigenvalue weighted by Crippen LogP contribution is -2.47. The number of alkyl carbamates (subject to hydrolysis) is 1. The Labute approximate surface area is 179 Å². The number of ether oxygens (including phenoxy) is 2. The van der Waals surface area contributed by atoms with Crippen molar-refractivity contribution in [2.45, 2.75) is 51.9 Å². The lowest BCUT2D eigenvalue weighted by Gasteiger charge is -2.26. The molecule has 0 aliphatic heterocycles. The van der Waals surface area contributed by atoms with Crippen LogP contribution in [0.2, 0.25) is 0 Å². The van der Waals surface area contributed by atoms with Crippen LogP contribution in [0.15, 0.2) is 48.5 Å². The van der Waals surface area contributed by atoms with Gasteiger partial charge >= 0.3 is 17.7 Å². The highest BCUT2D eigenvalue weighted by Gasteiger charge is 2.32. The molecule has 2 rings (SSSR count). The van der Waals surface area contributed by atoms with Crippen molar-refractivity contribution in [3.63, 3.8) is 0 Å². The predicted molar refractivity (Wildman–Crippen MR) is 111 cm³/mol. The van der Waals surface area contributed by atoms with Crippen LogP contribution in [-0.4, -0.2) is 28.6 Å². The zero-order chi connectivity index (χ0) is 23.2. The number of esters is 1. The number of nitro groups is 1. The fourth-order valence-corrected chi connectivity index (χ4v) is 2.79. The number of carbonyl (C=O) groups is 2. The van der Waals surface area contributed by atoms with E-state index in [1.807, 2.05) is 6.07 Å². The molecule has 0 aromatic heterocycles. The molecule has 31 heavy (non-hydrogen) atoms. The monoisotopic (exact) mass is 432 g/mol. The minimum Gasteiger partial charge on any atom is -0.459 e. The van der Waals surface area contributed by atoms with Crippen molar-refractivity contribution in [3.05, 3.63) is 75.6 Å². The van der Waals surface area contributed by atoms with Crippen LogP contribution in [0.25, 0.3) is 0 Å². The van der Waals surface area contributed by atoms with Crippen molar-refractivity contribution < 1.29 is 28.4 Å². The highest BCUT2D eigenvalue weighted by molar-refractivity contribution is 5.82. The van der Waals surface area contributed by atoms with Gasteiger partial charge in [0.25, 0.3) is 0 Å². The molecular formula is C22H25FN2O6. The van der Waals surface area contributed by atoms with E-state index in [4.69, 9.17) is 9.47 Å². The van der Waals surface area contributed by atoms with Gasteiger partial charge < -0.3 is 14.8 Å². The van der Waals surface area contributed by atoms with Gasteiger partial charge in [-0.15, -0.1) is 0 Å². The summed E-state index contributed by atoms with van der Waals surface area (Å²) >= 11 is 0. The standard InChI is InChI=1S/C22H25FN2O6/c1-14(16-10-11-18(25(28)29)17(23)12-16)19(24-21(27)31-22(2,3)4)20(26)30-13-15-8-6-5-7-9-15/h5-12,14,19H,13H2,1-4H3,(H,24,27)/t14-,19+/m0/s1. The number of nitrogens with one attached hydrogen (secondary N) is 1. The number of benzene rings is 2. The van der Waals surface area contributed by atoms with Crippen molar-refractivity contribution in [1.82, 2.24) is 5.32 Å². The average Bonchev–Trinajstić information content (AvgIpc) is 2.68. The quantitative estimate of drug-likeness (QED) is 0.393. The van der Waals surface area contributed by atoms with E-state index in [1.165, 1.54) is 6.07 Å². The van der Waals surface area contributed by atoms with E-state index < -0.39 is 46.1 Å². The van der Waals surface area contributed by atoms with Gasteiger partial charge in [0, 0.05) is 12.0 Å². The summed E-state index contributed by atoms with van der Waals surface area (Å²) in [7, 11) is 0. The van der Waals surface area contributed by atoms with Crippen LogP contribution in [0.3, 0.4) is 0 Å². The first-order valence-electron chi connectivity index (χ1n) is 9.62. The molecular weight excluding hydrogens is 407 g/mol. The second-order valence-electron chi connectivity index (χ2n) is 7.97. The molecule has 1 N–H and O–H groups in total. The zero-order valence-corrected chi connectivity index (χ0v) is 17.8. The Morgan fingerprint density at radius 1 is 1.16 bits per heavy atom. The first-order valence-corrected chi connectivity index (χ1v) is 9.62. The Morgan fingerprint density at radius 2 is 1.81 bits per heavy atom. The normalized spacial score (nSPS) is 13.1. The zero-order valence-electron chi connectivity index (χ0n) is 17.8. The van der Waals surface area contributed by atoms with Gasteiger partial charge in [0.2, 0.25) is 5.82 Å². The van der Waals surface area contributed by atoms with Gasteiger partial charge in [-0.3, -0.25) is 10.1 Å². The number of nitro benzene ring substituents is 1. The number of amides is 1. The number of hydrogen-bond donors (Lipinski definition) is 1. The minimum absolute atomic E-state index is 0.0203. The molecule has 0 saturated carbocycles. The molecule has 8 nitrogen and oxygen atoms in total. The smallest absolute Gasteiger partial charge is 0.408 e. The Balaban J connectivity index is 2.24. The van der Waals surface area contributed by atoms with E-state index in [1.54, 1.807) is 52.0 Å². The third-order valence-electron chi connectivity index (χ3n) is 4.34. The Hall–Kier alpha value is -3.49. The maximum atomic E-state index is 14.1. The molecule has 0 heterocycles. The topological polar surface area (TPSA) is 108 Å². The molecule has 1 amide bonds. The Kier molecular flexibility index (Phi) is 7.68. The second-order valence-corrected chi connectivity index (χ2v) is 7.97. The summed E-state index contributed by atoms with van der Waals surface area (Å²) in [6, 6.07) is 11.1. The van der Waals surface area contributed by atoms with Crippen molar-refractivity contribution >= 4 is 17.7 Å². The van der Waals surface area contributed by atoms with Crippen molar-refractivity contribution in [2.75, 3.05) is 0 Å². The summed E-state index contributed by atoms with van der Waals surface area (Å²) in [5.74, 6) is -2.55. The van der Waals surface area contributed by atoms with E-state index in [9.17, 15) is 24.1 Å². The molecule has 0 saturated heterocycles. The fourth-order valence-electron chi connectivity index (χ4n) is 2.79. The van der Waals surface area contributed by atoms with Crippen LogP contribution in [0, 0.1) is 15.9 Å². The van der Waals surface area contributed by atoms with Gasteiger partial charge in [-0.1, -0.05) is 43.3 Å². The summed E-state index contributed by atoms with van der Waals surface area (Å²) in [5, 5.41) is 13.3. The van der Waals surface area contributed by atoms with E-state index >= 15 is 0 Å². The highest BCUT2D eigenvalue weighted by atomic mass is 19.1. The number of rotatable bonds is 7. The van der Waals surface area contributed by atoms with Crippen LogP contribution >= 0.6 is 0 Å². The molecule has 166 valence electrons. The van der Waals surface area contributed by atoms with Crippen molar-refractivity contribution in [2.24, 2.45) is 0 Å². The molecule has 0 unspecified atom stereocenters. The molecule has 0 aliphatic rings. The third kappa shape index (κ3) is 7.06. The maximum absolute atomic E-state index is 14.1. The number of nitrogens with zero attached hydrogens (tertiary/aromatic N) is 1. The van der Waals surface area contributed by atoms with Gasteiger partial charge in [-0.2, -0.15) is 4.39 Å². The van der Waals surface area contributed by atoms with Gasteiger partial charge in [0.1, 0.15) is 18.2 Å². The summed E-state index contributed by atoms with van der Waals surface area (Å²) in [5.41, 5.74) is -0.452. The molecule has 0 radical (unpaired) electrons. The molecule has 0 bridgehead atoms. The SMILES string of the molecule is C[C@@H](c1ccc([N+](=O)[O-])c(F)c1)[C@@H](NC(=O)OC(C)(C)C)C(=O)OCc1ccccc1. The first-order chi connectivity index (χ1) is 14.5. The Bertz CT molecular complexity index is 943. The van der Waals surface area contributed by atoms with Crippen LogP contribution in [-0.2, 0) is 20.9 Å². The molecule has 9 heteroatoms. The van der Waals surface area contributed by atoms with Gasteiger partial charge in [-0.25, -0.2) is 9.59 Å². The average molecular weight is 432 g/mol. The summed E-state index contributed by atoms with van der Waals surface area (Å²) in [4.78, 5) is 35.1. The predicted octanol–water partition coefficient (Wildman–Crippen LogP) is 4.47. The second kappa shape index (κ2) is 10.0. The van der Waals surface area contributed by atoms with Gasteiger partial charge in [-0.05, 0) is 38.0 Å². The molecule has 2 atom stereocenters. The number of halogens is 1. The van der Waals surface area contributed by atoms with Crippen LogP contribution in [0.4, 0.5) is 14.9 Å². The van der Waals surface area contributed by atoms with E-state index in [-0.39, 0.29) is 12.2 Å². The van der Waals surface area contributed by atoms with E-state index in [2.05, 4.69) is 5.32 Å². The lowest BCUT2D eigenvalue weighted by atomic mass is 9.93. The molecule has 0 spiro atoms. The molecule has 2 aromatic rings. The van der Waals surface area contributed by atoms with Crippen LogP contribution in [0.5, 0.6) is 0 Å². The highest BCUT2D eigenvalue weighted by Crippen LogP contribution is 2.26. The van der Waals surface area contributed by atoms with Crippen molar-refractivity contribution in [3.8, 4) is 0 Å². The van der Waals surface area contributed by atoms with Crippen molar-refractivity contribution in [1.29, 1.82) is 0 Å². The van der Waals surface area contributed by atoms with Crippen LogP contribution in [0.1, 0.15) is 44.7 Å². The molecule has 0 fully saturated rings. The fraction of sp³-hybridized carbons (Fsp3) is 0.364. The summed E-state index contributed by atoms with van der Waals surface area (Å²) in [6.45, 7) is 6.57. The van der Waals surface area contributed by atoms with E-state index in [0.717, 1.165) is 17.7 Å².